The molecule has 31 heavy (non-hydrogen) atoms. The van der Waals surface area contributed by atoms with Crippen molar-refractivity contribution in [3.05, 3.63) is 42.2 Å². The molecule has 0 atom stereocenters. The van der Waals surface area contributed by atoms with E-state index in [-0.39, 0.29) is 35.9 Å². The maximum Gasteiger partial charge on any atom is 0.254 e. The van der Waals surface area contributed by atoms with E-state index in [2.05, 4.69) is 4.98 Å². The maximum atomic E-state index is 14.6. The lowest BCUT2D eigenvalue weighted by molar-refractivity contribution is -0.136. The number of oxazole rings is 1. The normalized spacial score (nSPS) is 17.6. The minimum Gasteiger partial charge on any atom is -0.443 e. The number of nitrogens with zero attached hydrogens (tertiary/aromatic N) is 3. The Hall–Kier alpha value is -2.74. The molecule has 0 spiro atoms. The van der Waals surface area contributed by atoms with Gasteiger partial charge in [0, 0.05) is 30.7 Å². The third-order valence-electron chi connectivity index (χ3n) is 5.88. The largest absolute Gasteiger partial charge is 0.443 e. The molecule has 0 unspecified atom stereocenters. The number of hydrogen-bond donors (Lipinski definition) is 1. The van der Waals surface area contributed by atoms with E-state index in [0.29, 0.717) is 37.3 Å². The molecule has 7 nitrogen and oxygen atoms in total. The second-order valence-corrected chi connectivity index (χ2v) is 9.11. The van der Waals surface area contributed by atoms with Crippen molar-refractivity contribution < 1.29 is 23.5 Å². The number of carbonyl (C=O) groups is 2. The summed E-state index contributed by atoms with van der Waals surface area (Å²) in [6, 6.07) is 4.63. The topological polar surface area (TPSA) is 86.9 Å². The van der Waals surface area contributed by atoms with Gasteiger partial charge in [0.05, 0.1) is 23.8 Å². The van der Waals surface area contributed by atoms with Crippen LogP contribution in [0.1, 0.15) is 56.3 Å². The molecule has 1 aromatic heterocycles. The van der Waals surface area contributed by atoms with Crippen LogP contribution in [-0.2, 0) is 4.79 Å². The number of aromatic nitrogens is 1. The van der Waals surface area contributed by atoms with Gasteiger partial charge >= 0.3 is 0 Å². The van der Waals surface area contributed by atoms with Crippen LogP contribution in [0.15, 0.2) is 35.2 Å². The molecule has 1 saturated heterocycles. The lowest BCUT2D eigenvalue weighted by Crippen LogP contribution is -2.50. The van der Waals surface area contributed by atoms with E-state index in [4.69, 9.17) is 4.42 Å². The van der Waals surface area contributed by atoms with Crippen LogP contribution in [0, 0.1) is 5.82 Å². The second-order valence-electron chi connectivity index (χ2n) is 9.11. The van der Waals surface area contributed by atoms with Gasteiger partial charge in [-0.3, -0.25) is 9.59 Å². The lowest BCUT2D eigenvalue weighted by atomic mass is 9.99. The van der Waals surface area contributed by atoms with Crippen molar-refractivity contribution in [2.75, 3.05) is 13.1 Å². The summed E-state index contributed by atoms with van der Waals surface area (Å²) in [4.78, 5) is 33.1. The third-order valence-corrected chi connectivity index (χ3v) is 5.88. The van der Waals surface area contributed by atoms with Crippen molar-refractivity contribution >= 4 is 11.8 Å². The second kappa shape index (κ2) is 8.42. The highest BCUT2D eigenvalue weighted by Gasteiger charge is 2.39. The minimum atomic E-state index is -1.04. The number of carbonyl (C=O) groups excluding carboxylic acids is 2. The summed E-state index contributed by atoms with van der Waals surface area (Å²) in [6.45, 7) is 4.35. The molecule has 0 radical (unpaired) electrons. The number of piperidine rings is 1. The summed E-state index contributed by atoms with van der Waals surface area (Å²) < 4.78 is 19.8. The number of halogens is 1. The van der Waals surface area contributed by atoms with E-state index >= 15 is 0 Å². The fraction of sp³-hybridized carbons (Fsp3) is 0.522. The predicted octanol–water partition coefficient (Wildman–Crippen LogP) is 3.24. The van der Waals surface area contributed by atoms with Crippen molar-refractivity contribution in [1.29, 1.82) is 0 Å². The van der Waals surface area contributed by atoms with Crippen LogP contribution in [0.2, 0.25) is 0 Å². The molecule has 2 aliphatic rings. The number of benzene rings is 1. The van der Waals surface area contributed by atoms with E-state index in [1.54, 1.807) is 30.9 Å². The zero-order valence-electron chi connectivity index (χ0n) is 17.9. The number of likely N-dealkylation sites (tertiary alicyclic amines) is 1. The average Bonchev–Trinajstić information content (AvgIpc) is 3.39. The van der Waals surface area contributed by atoms with Gasteiger partial charge in [0.15, 0.2) is 12.2 Å². The Labute approximate surface area is 180 Å². The van der Waals surface area contributed by atoms with Crippen LogP contribution >= 0.6 is 0 Å². The van der Waals surface area contributed by atoms with Crippen LogP contribution in [-0.4, -0.2) is 62.5 Å². The highest BCUT2D eigenvalue weighted by molar-refractivity contribution is 5.95. The Balaban J connectivity index is 1.45. The zero-order valence-corrected chi connectivity index (χ0v) is 17.9. The summed E-state index contributed by atoms with van der Waals surface area (Å²) in [5.74, 6) is -0.448. The van der Waals surface area contributed by atoms with Gasteiger partial charge in [-0.05, 0) is 57.7 Å². The van der Waals surface area contributed by atoms with Gasteiger partial charge in [0.25, 0.3) is 5.91 Å². The Morgan fingerprint density at radius 3 is 2.45 bits per heavy atom. The summed E-state index contributed by atoms with van der Waals surface area (Å²) in [5, 5.41) is 9.90. The first-order valence-electron chi connectivity index (χ1n) is 10.7. The molecule has 4 rings (SSSR count). The lowest BCUT2D eigenvalue weighted by Gasteiger charge is -2.39. The standard InChI is InChI=1S/C23H28FN3O4/c1-23(2,30)12-21(28)26-9-7-17(8-10-26)27(16-4-5-16)22(29)15-3-6-18(19(24)11-15)20-13-25-14-31-20/h3,6,11,13-14,16-17,30H,4-5,7-10,12H2,1-2H3. The highest BCUT2D eigenvalue weighted by atomic mass is 19.1. The van der Waals surface area contributed by atoms with Gasteiger partial charge < -0.3 is 19.3 Å². The number of hydrogen-bond acceptors (Lipinski definition) is 5. The first-order chi connectivity index (χ1) is 14.7. The van der Waals surface area contributed by atoms with Gasteiger partial charge in [-0.2, -0.15) is 0 Å². The fourth-order valence-electron chi connectivity index (χ4n) is 4.20. The summed E-state index contributed by atoms with van der Waals surface area (Å²) in [7, 11) is 0. The van der Waals surface area contributed by atoms with Gasteiger partial charge in [-0.15, -0.1) is 0 Å². The molecule has 2 aromatic rings. The first-order valence-corrected chi connectivity index (χ1v) is 10.7. The molecule has 166 valence electrons. The number of amides is 2. The Kier molecular flexibility index (Phi) is 5.83. The maximum absolute atomic E-state index is 14.6. The van der Waals surface area contributed by atoms with Gasteiger partial charge in [0.1, 0.15) is 5.82 Å². The van der Waals surface area contributed by atoms with E-state index < -0.39 is 11.4 Å². The predicted molar refractivity (Wildman–Crippen MR) is 112 cm³/mol. The molecule has 8 heteroatoms. The fourth-order valence-corrected chi connectivity index (χ4v) is 4.20. The van der Waals surface area contributed by atoms with Crippen LogP contribution in [0.25, 0.3) is 11.3 Å². The molecule has 1 aliphatic carbocycles. The van der Waals surface area contributed by atoms with Crippen LogP contribution < -0.4 is 0 Å². The minimum absolute atomic E-state index is 0.0169. The molecular formula is C23H28FN3O4. The zero-order chi connectivity index (χ0) is 22.2. The van der Waals surface area contributed by atoms with Crippen LogP contribution in [0.4, 0.5) is 4.39 Å². The summed E-state index contributed by atoms with van der Waals surface area (Å²) in [6.07, 6.45) is 6.01. The van der Waals surface area contributed by atoms with Crippen molar-refractivity contribution in [3.8, 4) is 11.3 Å². The molecule has 1 N–H and O–H groups in total. The highest BCUT2D eigenvalue weighted by Crippen LogP contribution is 2.34. The first kappa shape index (κ1) is 21.5. The summed E-state index contributed by atoms with van der Waals surface area (Å²) >= 11 is 0. The average molecular weight is 429 g/mol. The Morgan fingerprint density at radius 2 is 1.90 bits per heavy atom. The third kappa shape index (κ3) is 4.95. The molecule has 1 aromatic carbocycles. The van der Waals surface area contributed by atoms with Crippen LogP contribution in [0.5, 0.6) is 0 Å². The molecule has 2 fully saturated rings. The Morgan fingerprint density at radius 1 is 1.23 bits per heavy atom. The molecule has 2 heterocycles. The van der Waals surface area contributed by atoms with Crippen LogP contribution in [0.3, 0.4) is 0 Å². The van der Waals surface area contributed by atoms with Crippen molar-refractivity contribution in [2.24, 2.45) is 0 Å². The summed E-state index contributed by atoms with van der Waals surface area (Å²) in [5.41, 5.74) is -0.454. The molecule has 2 amide bonds. The van der Waals surface area contributed by atoms with Gasteiger partial charge in [0.2, 0.25) is 5.91 Å². The quantitative estimate of drug-likeness (QED) is 0.762. The van der Waals surface area contributed by atoms with Gasteiger partial charge in [-0.25, -0.2) is 9.37 Å². The monoisotopic (exact) mass is 429 g/mol. The molecule has 1 saturated carbocycles. The molecular weight excluding hydrogens is 401 g/mol. The van der Waals surface area contributed by atoms with Crippen molar-refractivity contribution in [3.63, 3.8) is 0 Å². The van der Waals surface area contributed by atoms with E-state index in [0.717, 1.165) is 12.8 Å². The molecule has 0 bridgehead atoms. The van der Waals surface area contributed by atoms with E-state index in [1.807, 2.05) is 4.90 Å². The van der Waals surface area contributed by atoms with E-state index in [9.17, 15) is 19.1 Å². The molecule has 1 aliphatic heterocycles. The Bertz CT molecular complexity index is 942. The van der Waals surface area contributed by atoms with E-state index in [1.165, 1.54) is 18.7 Å². The SMILES string of the molecule is CC(C)(O)CC(=O)N1CCC(N(C(=O)c2ccc(-c3cnco3)c(F)c2)C2CC2)CC1. The van der Waals surface area contributed by atoms with Crippen molar-refractivity contribution in [2.45, 2.75) is 63.6 Å². The number of aliphatic hydroxyl groups is 1. The smallest absolute Gasteiger partial charge is 0.254 e. The van der Waals surface area contributed by atoms with Gasteiger partial charge in [-0.1, -0.05) is 0 Å². The number of rotatable bonds is 6. The van der Waals surface area contributed by atoms with Crippen molar-refractivity contribution in [1.82, 2.24) is 14.8 Å².